The Morgan fingerprint density at radius 1 is 1.27 bits per heavy atom. The van der Waals surface area contributed by atoms with Crippen molar-refractivity contribution in [2.45, 2.75) is 20.8 Å². The fourth-order valence-corrected chi connectivity index (χ4v) is 2.05. The maximum atomic E-state index is 11.6. The van der Waals surface area contributed by atoms with E-state index in [9.17, 15) is 9.36 Å². The summed E-state index contributed by atoms with van der Waals surface area (Å²) in [6.45, 7) is 3.45. The van der Waals surface area contributed by atoms with Crippen molar-refractivity contribution in [3.8, 4) is 0 Å². The Kier molecular flexibility index (Phi) is 4.22. The van der Waals surface area contributed by atoms with E-state index in [1.807, 2.05) is 32.9 Å². The van der Waals surface area contributed by atoms with Crippen molar-refractivity contribution in [3.63, 3.8) is 0 Å². The van der Waals surface area contributed by atoms with E-state index in [2.05, 4.69) is 0 Å². The standard InChI is InChI=1S/C10H12O3P.Li/c1-6-4-7(2)9(8(3)5-6)10(11)13-14-12;/h4-5,14H,1-3H3;/q+1;-1. The fourth-order valence-electron chi connectivity index (χ4n) is 1.68. The van der Waals surface area contributed by atoms with Crippen molar-refractivity contribution in [1.29, 1.82) is 0 Å². The topological polar surface area (TPSA) is 43.4 Å². The van der Waals surface area contributed by atoms with E-state index in [1.165, 1.54) is 17.2 Å². The molecule has 1 rings (SSSR count). The minimum absolute atomic E-state index is 0.489. The van der Waals surface area contributed by atoms with Gasteiger partial charge in [0.1, 0.15) is 0 Å². The molecule has 15 heavy (non-hydrogen) atoms. The molecule has 0 fully saturated rings. The number of carbonyl (C=O) groups is 1. The second-order valence-corrected chi connectivity index (χ2v) is 4.84. The zero-order chi connectivity index (χ0) is 11.6. The number of hydrogen-bond acceptors (Lipinski definition) is 3. The molecule has 0 heterocycles. The molecule has 1 aromatic rings. The molecule has 1 atom stereocenters. The molecule has 3 nitrogen and oxygen atoms in total. The zero-order valence-corrected chi connectivity index (χ0v) is 10.4. The Morgan fingerprint density at radius 3 is 2.13 bits per heavy atom. The van der Waals surface area contributed by atoms with Gasteiger partial charge in [0.15, 0.2) is 0 Å². The molecule has 76 valence electrons. The Morgan fingerprint density at radius 2 is 1.73 bits per heavy atom. The predicted molar refractivity (Wildman–Crippen MR) is 60.8 cm³/mol. The molecule has 1 aromatic carbocycles. The molecule has 5 heteroatoms. The summed E-state index contributed by atoms with van der Waals surface area (Å²) in [7, 11) is 0. The molecular weight excluding hydrogens is 206 g/mol. The first-order valence-electron chi connectivity index (χ1n) is 4.72. The van der Waals surface area contributed by atoms with Gasteiger partial charge in [-0.3, -0.25) is 0 Å². The predicted octanol–water partition coefficient (Wildman–Crippen LogP) is 2.33. The van der Waals surface area contributed by atoms with Crippen molar-refractivity contribution in [2.24, 2.45) is 0 Å². The SMILES string of the molecule is [Li][PH](=O)OC(=O)c1c(C)cc(C)cc1C. The molecule has 0 amide bonds. The number of aryl methyl sites for hydroxylation is 3. The molecule has 0 radical (unpaired) electrons. The van der Waals surface area contributed by atoms with Gasteiger partial charge < -0.3 is 0 Å². The van der Waals surface area contributed by atoms with Crippen LogP contribution in [0.1, 0.15) is 27.0 Å². The van der Waals surface area contributed by atoms with E-state index in [0.29, 0.717) is 5.56 Å². The van der Waals surface area contributed by atoms with Crippen LogP contribution in [0, 0.1) is 20.8 Å². The number of carbonyl (C=O) groups excluding carboxylic acids is 1. The first-order valence-corrected chi connectivity index (χ1v) is 6.54. The van der Waals surface area contributed by atoms with Crippen LogP contribution in [0.2, 0.25) is 0 Å². The second kappa shape index (κ2) is 5.03. The number of rotatable bonds is 2. The van der Waals surface area contributed by atoms with Crippen LogP contribution in [0.5, 0.6) is 0 Å². The molecule has 0 saturated heterocycles. The average Bonchev–Trinajstić information content (AvgIpc) is 1.99. The van der Waals surface area contributed by atoms with Crippen molar-refractivity contribution in [3.05, 3.63) is 34.4 Å². The molecule has 0 N–H and O–H groups in total. The quantitative estimate of drug-likeness (QED) is 0.565. The van der Waals surface area contributed by atoms with Crippen molar-refractivity contribution >= 4 is 29.7 Å². The Balaban J connectivity index is 3.14. The third-order valence-corrected chi connectivity index (χ3v) is 2.59. The molecule has 0 bridgehead atoms. The summed E-state index contributed by atoms with van der Waals surface area (Å²) in [4.78, 5) is 11.6. The summed E-state index contributed by atoms with van der Waals surface area (Å²) in [6.07, 6.45) is 0. The van der Waals surface area contributed by atoms with Crippen LogP contribution in [-0.4, -0.2) is 23.2 Å². The molecule has 0 aliphatic heterocycles. The third-order valence-electron chi connectivity index (χ3n) is 2.12. The average molecular weight is 218 g/mol. The first-order chi connectivity index (χ1) is 6.91. The molecule has 0 aliphatic rings. The molecular formula is C10H12LiO3P. The van der Waals surface area contributed by atoms with Crippen LogP contribution in [-0.2, 0) is 9.09 Å². The van der Waals surface area contributed by atoms with E-state index in [4.69, 9.17) is 4.52 Å². The molecule has 0 aromatic heterocycles. The Bertz CT molecular complexity index is 406. The summed E-state index contributed by atoms with van der Waals surface area (Å²) in [6, 6.07) is 3.83. The van der Waals surface area contributed by atoms with Gasteiger partial charge >= 0.3 is 98.7 Å². The van der Waals surface area contributed by atoms with E-state index < -0.39 is 12.4 Å². The normalized spacial score (nSPS) is 12.3. The van der Waals surface area contributed by atoms with Crippen molar-refractivity contribution in [1.82, 2.24) is 0 Å². The number of hydrogen-bond donors (Lipinski definition) is 0. The van der Waals surface area contributed by atoms with Gasteiger partial charge in [0.05, 0.1) is 0 Å². The van der Waals surface area contributed by atoms with Crippen LogP contribution in [0.3, 0.4) is 0 Å². The van der Waals surface area contributed by atoms with Gasteiger partial charge in [-0.2, -0.15) is 0 Å². The van der Waals surface area contributed by atoms with Gasteiger partial charge in [0.25, 0.3) is 0 Å². The molecule has 0 spiro atoms. The number of benzene rings is 1. The molecule has 1 unspecified atom stereocenters. The van der Waals surface area contributed by atoms with Gasteiger partial charge in [0, 0.05) is 0 Å². The van der Waals surface area contributed by atoms with Crippen molar-refractivity contribution < 1.29 is 13.9 Å². The maximum absolute atomic E-state index is 11.6. The van der Waals surface area contributed by atoms with Crippen LogP contribution >= 0.6 is 6.45 Å². The van der Waals surface area contributed by atoms with E-state index in [-0.39, 0.29) is 0 Å². The minimum atomic E-state index is -2.22. The summed E-state index contributed by atoms with van der Waals surface area (Å²) in [5.41, 5.74) is 3.35. The summed E-state index contributed by atoms with van der Waals surface area (Å²) in [5, 5.41) is 0. The molecule has 0 aliphatic carbocycles. The zero-order valence-electron chi connectivity index (χ0n) is 9.38. The van der Waals surface area contributed by atoms with Gasteiger partial charge in [-0.25, -0.2) is 0 Å². The van der Waals surface area contributed by atoms with Crippen LogP contribution in [0.15, 0.2) is 12.1 Å². The van der Waals surface area contributed by atoms with Gasteiger partial charge in [-0.1, -0.05) is 0 Å². The summed E-state index contributed by atoms with van der Waals surface area (Å²) < 4.78 is 15.6. The van der Waals surface area contributed by atoms with Gasteiger partial charge in [-0.05, 0) is 0 Å². The fraction of sp³-hybridized carbons (Fsp3) is 0.300. The summed E-state index contributed by atoms with van der Waals surface area (Å²) >= 11 is 1.40. The van der Waals surface area contributed by atoms with E-state index in [1.54, 1.807) is 0 Å². The monoisotopic (exact) mass is 218 g/mol. The van der Waals surface area contributed by atoms with Gasteiger partial charge in [-0.15, -0.1) is 0 Å². The Hall–Kier alpha value is -0.483. The summed E-state index contributed by atoms with van der Waals surface area (Å²) in [5.74, 6) is -0.489. The second-order valence-electron chi connectivity index (χ2n) is 3.65. The van der Waals surface area contributed by atoms with Crippen LogP contribution in [0.25, 0.3) is 0 Å². The Labute approximate surface area is 98.8 Å². The molecule has 0 saturated carbocycles. The third kappa shape index (κ3) is 3.24. The van der Waals surface area contributed by atoms with Crippen molar-refractivity contribution in [2.75, 3.05) is 0 Å². The first kappa shape index (κ1) is 12.6. The van der Waals surface area contributed by atoms with Crippen LogP contribution in [0.4, 0.5) is 0 Å². The van der Waals surface area contributed by atoms with E-state index in [0.717, 1.165) is 16.7 Å². The van der Waals surface area contributed by atoms with Crippen LogP contribution < -0.4 is 0 Å². The van der Waals surface area contributed by atoms with Gasteiger partial charge in [0.2, 0.25) is 0 Å². The van der Waals surface area contributed by atoms with E-state index >= 15 is 0 Å².